The van der Waals surface area contributed by atoms with Gasteiger partial charge in [0.15, 0.2) is 0 Å². The number of hydrogen-bond donors (Lipinski definition) is 0. The second-order valence-corrected chi connectivity index (χ2v) is 5.40. The SMILES string of the molecule is COC(=O)CN1[C@@H](C(C)C)OC[C@@]1(C)CC(=O)OC. The van der Waals surface area contributed by atoms with Gasteiger partial charge in [-0.1, -0.05) is 13.8 Å². The molecule has 0 aliphatic carbocycles. The van der Waals surface area contributed by atoms with Gasteiger partial charge >= 0.3 is 11.9 Å². The Balaban J connectivity index is 2.89. The zero-order valence-electron chi connectivity index (χ0n) is 12.3. The van der Waals surface area contributed by atoms with Crippen LogP contribution in [0.3, 0.4) is 0 Å². The molecule has 1 heterocycles. The third-order valence-corrected chi connectivity index (χ3v) is 3.42. The molecular formula is C13H23NO5. The van der Waals surface area contributed by atoms with Crippen LogP contribution < -0.4 is 0 Å². The van der Waals surface area contributed by atoms with Crippen LogP contribution in [0.1, 0.15) is 27.2 Å². The molecule has 1 rings (SSSR count). The summed E-state index contributed by atoms with van der Waals surface area (Å²) in [4.78, 5) is 25.0. The van der Waals surface area contributed by atoms with Crippen LogP contribution >= 0.6 is 0 Å². The van der Waals surface area contributed by atoms with E-state index < -0.39 is 5.54 Å². The van der Waals surface area contributed by atoms with Crippen LogP contribution in [0.2, 0.25) is 0 Å². The predicted molar refractivity (Wildman–Crippen MR) is 68.3 cm³/mol. The molecule has 0 aromatic carbocycles. The third kappa shape index (κ3) is 3.67. The van der Waals surface area contributed by atoms with Crippen molar-refractivity contribution in [1.29, 1.82) is 0 Å². The van der Waals surface area contributed by atoms with Crippen molar-refractivity contribution in [1.82, 2.24) is 4.90 Å². The van der Waals surface area contributed by atoms with Crippen molar-refractivity contribution in [3.05, 3.63) is 0 Å². The lowest BCUT2D eigenvalue weighted by atomic mass is 9.96. The van der Waals surface area contributed by atoms with E-state index in [2.05, 4.69) is 0 Å². The van der Waals surface area contributed by atoms with Crippen LogP contribution in [0.15, 0.2) is 0 Å². The van der Waals surface area contributed by atoms with E-state index in [0.29, 0.717) is 6.61 Å². The van der Waals surface area contributed by atoms with Crippen molar-refractivity contribution in [2.45, 2.75) is 39.0 Å². The van der Waals surface area contributed by atoms with Gasteiger partial charge in [0.25, 0.3) is 0 Å². The maximum absolute atomic E-state index is 11.5. The lowest BCUT2D eigenvalue weighted by Gasteiger charge is -2.35. The van der Waals surface area contributed by atoms with E-state index in [-0.39, 0.29) is 37.0 Å². The lowest BCUT2D eigenvalue weighted by molar-refractivity contribution is -0.149. The molecule has 1 aliphatic heterocycles. The number of esters is 2. The van der Waals surface area contributed by atoms with Crippen molar-refractivity contribution < 1.29 is 23.8 Å². The highest BCUT2D eigenvalue weighted by Gasteiger charge is 2.47. The molecule has 0 saturated carbocycles. The highest BCUT2D eigenvalue weighted by atomic mass is 16.5. The van der Waals surface area contributed by atoms with Crippen LogP contribution in [0.4, 0.5) is 0 Å². The van der Waals surface area contributed by atoms with E-state index in [1.165, 1.54) is 14.2 Å². The van der Waals surface area contributed by atoms with Crippen LogP contribution in [-0.2, 0) is 23.8 Å². The van der Waals surface area contributed by atoms with Crippen molar-refractivity contribution >= 4 is 11.9 Å². The average Bonchev–Trinajstić information content (AvgIpc) is 2.66. The highest BCUT2D eigenvalue weighted by molar-refractivity contribution is 5.73. The van der Waals surface area contributed by atoms with Crippen molar-refractivity contribution in [2.24, 2.45) is 5.92 Å². The fourth-order valence-electron chi connectivity index (χ4n) is 2.32. The summed E-state index contributed by atoms with van der Waals surface area (Å²) < 4.78 is 15.2. The maximum Gasteiger partial charge on any atom is 0.319 e. The molecule has 1 saturated heterocycles. The second kappa shape index (κ2) is 6.34. The number of carbonyl (C=O) groups excluding carboxylic acids is 2. The van der Waals surface area contributed by atoms with Crippen LogP contribution in [0, 0.1) is 5.92 Å². The van der Waals surface area contributed by atoms with Gasteiger partial charge in [0.05, 0.1) is 39.3 Å². The van der Waals surface area contributed by atoms with Gasteiger partial charge in [-0.25, -0.2) is 0 Å². The van der Waals surface area contributed by atoms with Gasteiger partial charge in [-0.05, 0) is 12.8 Å². The Kier molecular flexibility index (Phi) is 5.31. The van der Waals surface area contributed by atoms with Gasteiger partial charge in [-0.15, -0.1) is 0 Å². The summed E-state index contributed by atoms with van der Waals surface area (Å²) in [6.07, 6.45) is -0.0160. The third-order valence-electron chi connectivity index (χ3n) is 3.42. The Bertz CT molecular complexity index is 344. The van der Waals surface area contributed by atoms with E-state index in [1.807, 2.05) is 25.7 Å². The van der Waals surface area contributed by atoms with Gasteiger partial charge in [0.1, 0.15) is 6.23 Å². The molecule has 0 aromatic rings. The van der Waals surface area contributed by atoms with E-state index in [0.717, 1.165) is 0 Å². The topological polar surface area (TPSA) is 65.1 Å². The maximum atomic E-state index is 11.5. The monoisotopic (exact) mass is 273 g/mol. The van der Waals surface area contributed by atoms with Gasteiger partial charge in [0.2, 0.25) is 0 Å². The van der Waals surface area contributed by atoms with Crippen molar-refractivity contribution in [2.75, 3.05) is 27.4 Å². The Hall–Kier alpha value is -1.14. The minimum absolute atomic E-state index is 0.104. The summed E-state index contributed by atoms with van der Waals surface area (Å²) in [5.74, 6) is -0.443. The number of ether oxygens (including phenoxy) is 3. The Morgan fingerprint density at radius 1 is 1.32 bits per heavy atom. The quantitative estimate of drug-likeness (QED) is 0.690. The fourth-order valence-corrected chi connectivity index (χ4v) is 2.32. The Morgan fingerprint density at radius 3 is 2.37 bits per heavy atom. The van der Waals surface area contributed by atoms with Crippen LogP contribution in [0.25, 0.3) is 0 Å². The first kappa shape index (κ1) is 15.9. The molecule has 2 atom stereocenters. The van der Waals surface area contributed by atoms with E-state index in [4.69, 9.17) is 14.2 Å². The van der Waals surface area contributed by atoms with E-state index in [9.17, 15) is 9.59 Å². The number of carbonyl (C=O) groups is 2. The molecule has 0 N–H and O–H groups in total. The lowest BCUT2D eigenvalue weighted by Crippen LogP contribution is -2.51. The Labute approximate surface area is 114 Å². The first-order valence-electron chi connectivity index (χ1n) is 6.36. The molecule has 1 fully saturated rings. The summed E-state index contributed by atoms with van der Waals surface area (Å²) in [6, 6.07) is 0. The normalized spacial score (nSPS) is 27.6. The summed E-state index contributed by atoms with van der Waals surface area (Å²) >= 11 is 0. The van der Waals surface area contributed by atoms with Gasteiger partial charge in [-0.2, -0.15) is 0 Å². The van der Waals surface area contributed by atoms with Gasteiger partial charge in [0, 0.05) is 0 Å². The van der Waals surface area contributed by atoms with Gasteiger partial charge < -0.3 is 14.2 Å². The zero-order valence-corrected chi connectivity index (χ0v) is 12.3. The van der Waals surface area contributed by atoms with E-state index >= 15 is 0 Å². The van der Waals surface area contributed by atoms with Crippen LogP contribution in [0.5, 0.6) is 0 Å². The number of rotatable bonds is 5. The first-order valence-corrected chi connectivity index (χ1v) is 6.36. The standard InChI is InChI=1S/C13H23NO5/c1-9(2)12-14(7-11(16)18-5)13(3,8-19-12)6-10(15)17-4/h9,12H,6-8H2,1-5H3/t12-,13-/m1/s1. The molecule has 1 aliphatic rings. The molecule has 0 unspecified atom stereocenters. The smallest absolute Gasteiger partial charge is 0.319 e. The Morgan fingerprint density at radius 2 is 1.89 bits per heavy atom. The molecule has 0 amide bonds. The summed E-state index contributed by atoms with van der Waals surface area (Å²) in [6.45, 7) is 6.42. The molecule has 110 valence electrons. The molecule has 6 heteroatoms. The molecule has 0 radical (unpaired) electrons. The van der Waals surface area contributed by atoms with E-state index in [1.54, 1.807) is 0 Å². The highest BCUT2D eigenvalue weighted by Crippen LogP contribution is 2.33. The predicted octanol–water partition coefficient (Wildman–Crippen LogP) is 0.795. The molecule has 19 heavy (non-hydrogen) atoms. The van der Waals surface area contributed by atoms with Gasteiger partial charge in [-0.3, -0.25) is 14.5 Å². The zero-order chi connectivity index (χ0) is 14.6. The largest absolute Gasteiger partial charge is 0.469 e. The molecule has 6 nitrogen and oxygen atoms in total. The molecule has 0 spiro atoms. The fraction of sp³-hybridized carbons (Fsp3) is 0.846. The summed E-state index contributed by atoms with van der Waals surface area (Å²) in [7, 11) is 2.70. The minimum atomic E-state index is -0.545. The average molecular weight is 273 g/mol. The summed E-state index contributed by atoms with van der Waals surface area (Å²) in [5.41, 5.74) is -0.545. The van der Waals surface area contributed by atoms with Crippen LogP contribution in [-0.4, -0.2) is 56.0 Å². The summed E-state index contributed by atoms with van der Waals surface area (Å²) in [5, 5.41) is 0. The number of hydrogen-bond acceptors (Lipinski definition) is 6. The first-order chi connectivity index (χ1) is 8.84. The molecule has 0 aromatic heterocycles. The number of nitrogens with zero attached hydrogens (tertiary/aromatic N) is 1. The van der Waals surface area contributed by atoms with Crippen molar-refractivity contribution in [3.8, 4) is 0 Å². The van der Waals surface area contributed by atoms with Crippen molar-refractivity contribution in [3.63, 3.8) is 0 Å². The molecule has 0 bridgehead atoms. The second-order valence-electron chi connectivity index (χ2n) is 5.40. The number of methoxy groups -OCH3 is 2. The molecular weight excluding hydrogens is 250 g/mol. The minimum Gasteiger partial charge on any atom is -0.469 e.